The van der Waals surface area contributed by atoms with Gasteiger partial charge in [0.15, 0.2) is 0 Å². The molecular formula is C17H20N2O2. The average Bonchev–Trinajstić information content (AvgIpc) is 2.48. The molecule has 0 aliphatic carbocycles. The predicted octanol–water partition coefficient (Wildman–Crippen LogP) is 3.06. The van der Waals surface area contributed by atoms with E-state index in [9.17, 15) is 9.90 Å². The van der Waals surface area contributed by atoms with E-state index in [4.69, 9.17) is 0 Å². The van der Waals surface area contributed by atoms with Crippen molar-refractivity contribution in [3.63, 3.8) is 0 Å². The maximum absolute atomic E-state index is 12.3. The number of aromatic hydroxyl groups is 1. The largest absolute Gasteiger partial charge is 0.507 e. The fourth-order valence-corrected chi connectivity index (χ4v) is 2.08. The molecule has 4 nitrogen and oxygen atoms in total. The van der Waals surface area contributed by atoms with Gasteiger partial charge < -0.3 is 15.7 Å². The number of carbonyl (C=O) groups excluding carboxylic acids is 1. The minimum Gasteiger partial charge on any atom is -0.507 e. The van der Waals surface area contributed by atoms with E-state index < -0.39 is 0 Å². The Kier molecular flexibility index (Phi) is 4.95. The highest BCUT2D eigenvalue weighted by Crippen LogP contribution is 2.21. The van der Waals surface area contributed by atoms with Crippen LogP contribution in [0.25, 0.3) is 0 Å². The third kappa shape index (κ3) is 3.83. The third-order valence-electron chi connectivity index (χ3n) is 3.23. The zero-order chi connectivity index (χ0) is 15.2. The van der Waals surface area contributed by atoms with Crippen molar-refractivity contribution in [1.29, 1.82) is 0 Å². The summed E-state index contributed by atoms with van der Waals surface area (Å²) in [5, 5.41) is 15.9. The van der Waals surface area contributed by atoms with Crippen molar-refractivity contribution in [3.05, 3.63) is 59.2 Å². The molecule has 21 heavy (non-hydrogen) atoms. The number of phenols is 1. The molecule has 0 saturated heterocycles. The van der Waals surface area contributed by atoms with Gasteiger partial charge in [-0.15, -0.1) is 0 Å². The number of nitrogens with one attached hydrogen (secondary N) is 2. The number of benzene rings is 2. The maximum atomic E-state index is 12.3. The van der Waals surface area contributed by atoms with E-state index in [2.05, 4.69) is 10.6 Å². The van der Waals surface area contributed by atoms with E-state index in [1.54, 1.807) is 12.1 Å². The number of hydrogen-bond acceptors (Lipinski definition) is 3. The van der Waals surface area contributed by atoms with Gasteiger partial charge in [0.25, 0.3) is 5.91 Å². The Morgan fingerprint density at radius 3 is 2.71 bits per heavy atom. The van der Waals surface area contributed by atoms with E-state index >= 15 is 0 Å². The SMILES string of the molecule is CCNCc1ccccc1NC(=O)c1cc(C)ccc1O. The van der Waals surface area contributed by atoms with Crippen LogP contribution in [0.3, 0.4) is 0 Å². The lowest BCUT2D eigenvalue weighted by Crippen LogP contribution is -2.17. The first-order valence-corrected chi connectivity index (χ1v) is 7.01. The van der Waals surface area contributed by atoms with Crippen molar-refractivity contribution >= 4 is 11.6 Å². The van der Waals surface area contributed by atoms with Gasteiger partial charge >= 0.3 is 0 Å². The van der Waals surface area contributed by atoms with Crippen LogP contribution < -0.4 is 10.6 Å². The summed E-state index contributed by atoms with van der Waals surface area (Å²) >= 11 is 0. The summed E-state index contributed by atoms with van der Waals surface area (Å²) < 4.78 is 0. The number of phenolic OH excluding ortho intramolecular Hbond substituents is 1. The Bertz CT molecular complexity index is 638. The predicted molar refractivity (Wildman–Crippen MR) is 84.6 cm³/mol. The molecular weight excluding hydrogens is 264 g/mol. The van der Waals surface area contributed by atoms with Crippen LogP contribution in [-0.4, -0.2) is 17.6 Å². The highest BCUT2D eigenvalue weighted by molar-refractivity contribution is 6.06. The number of amides is 1. The number of carbonyl (C=O) groups is 1. The van der Waals surface area contributed by atoms with Crippen molar-refractivity contribution in [2.45, 2.75) is 20.4 Å². The molecule has 0 aliphatic heterocycles. The van der Waals surface area contributed by atoms with Crippen LogP contribution >= 0.6 is 0 Å². The Hall–Kier alpha value is -2.33. The van der Waals surface area contributed by atoms with Crippen molar-refractivity contribution in [2.24, 2.45) is 0 Å². The van der Waals surface area contributed by atoms with Crippen molar-refractivity contribution in [1.82, 2.24) is 5.32 Å². The van der Waals surface area contributed by atoms with E-state index in [0.29, 0.717) is 6.54 Å². The summed E-state index contributed by atoms with van der Waals surface area (Å²) in [6, 6.07) is 12.6. The summed E-state index contributed by atoms with van der Waals surface area (Å²) in [5.41, 5.74) is 2.98. The van der Waals surface area contributed by atoms with Gasteiger partial charge in [-0.25, -0.2) is 0 Å². The quantitative estimate of drug-likeness (QED) is 0.790. The van der Waals surface area contributed by atoms with E-state index in [0.717, 1.165) is 23.4 Å². The van der Waals surface area contributed by atoms with E-state index in [1.165, 1.54) is 6.07 Å². The standard InChI is InChI=1S/C17H20N2O2/c1-3-18-11-13-6-4-5-7-15(13)19-17(21)14-10-12(2)8-9-16(14)20/h4-10,18,20H,3,11H2,1-2H3,(H,19,21). The third-order valence-corrected chi connectivity index (χ3v) is 3.23. The van der Waals surface area contributed by atoms with Crippen molar-refractivity contribution in [2.75, 3.05) is 11.9 Å². The van der Waals surface area contributed by atoms with Gasteiger partial charge in [-0.2, -0.15) is 0 Å². The minimum absolute atomic E-state index is 0.0118. The van der Waals surface area contributed by atoms with Gasteiger partial charge in [-0.05, 0) is 37.2 Å². The van der Waals surface area contributed by atoms with E-state index in [-0.39, 0.29) is 17.2 Å². The van der Waals surface area contributed by atoms with Crippen LogP contribution in [0.4, 0.5) is 5.69 Å². The summed E-state index contributed by atoms with van der Waals surface area (Å²) in [7, 11) is 0. The molecule has 2 aromatic carbocycles. The van der Waals surface area contributed by atoms with Crippen LogP contribution in [0.2, 0.25) is 0 Å². The Morgan fingerprint density at radius 2 is 1.95 bits per heavy atom. The number of para-hydroxylation sites is 1. The monoisotopic (exact) mass is 284 g/mol. The second-order valence-electron chi connectivity index (χ2n) is 4.91. The molecule has 0 aliphatic rings. The molecule has 1 amide bonds. The van der Waals surface area contributed by atoms with Crippen molar-refractivity contribution < 1.29 is 9.90 Å². The molecule has 0 bridgehead atoms. The minimum atomic E-state index is -0.305. The van der Waals surface area contributed by atoms with Gasteiger partial charge in [-0.3, -0.25) is 4.79 Å². The normalized spacial score (nSPS) is 10.4. The van der Waals surface area contributed by atoms with E-state index in [1.807, 2.05) is 38.1 Å². The summed E-state index contributed by atoms with van der Waals surface area (Å²) in [4.78, 5) is 12.3. The van der Waals surface area contributed by atoms with Crippen LogP contribution in [0.5, 0.6) is 5.75 Å². The van der Waals surface area contributed by atoms with Crippen LogP contribution in [-0.2, 0) is 6.54 Å². The summed E-state index contributed by atoms with van der Waals surface area (Å²) in [6.07, 6.45) is 0. The smallest absolute Gasteiger partial charge is 0.259 e. The lowest BCUT2D eigenvalue weighted by molar-refractivity contribution is 0.102. The molecule has 0 radical (unpaired) electrons. The number of aryl methyl sites for hydroxylation is 1. The zero-order valence-corrected chi connectivity index (χ0v) is 12.3. The first-order chi connectivity index (χ1) is 10.1. The molecule has 4 heteroatoms. The molecule has 0 aromatic heterocycles. The molecule has 110 valence electrons. The van der Waals surface area contributed by atoms with Crippen molar-refractivity contribution in [3.8, 4) is 5.75 Å². The number of rotatable bonds is 5. The second-order valence-corrected chi connectivity index (χ2v) is 4.91. The summed E-state index contributed by atoms with van der Waals surface area (Å²) in [5.74, 6) is -0.317. The van der Waals surface area contributed by atoms with Crippen LogP contribution in [0.15, 0.2) is 42.5 Å². The molecule has 0 saturated carbocycles. The maximum Gasteiger partial charge on any atom is 0.259 e. The zero-order valence-electron chi connectivity index (χ0n) is 12.3. The molecule has 3 N–H and O–H groups in total. The topological polar surface area (TPSA) is 61.4 Å². The Balaban J connectivity index is 2.21. The average molecular weight is 284 g/mol. The highest BCUT2D eigenvalue weighted by Gasteiger charge is 2.13. The number of anilines is 1. The van der Waals surface area contributed by atoms with Gasteiger partial charge in [0, 0.05) is 12.2 Å². The van der Waals surface area contributed by atoms with Gasteiger partial charge in [0.2, 0.25) is 0 Å². The van der Waals surface area contributed by atoms with Gasteiger partial charge in [0.05, 0.1) is 5.56 Å². The van der Waals surface area contributed by atoms with Crippen LogP contribution in [0, 0.1) is 6.92 Å². The Morgan fingerprint density at radius 1 is 1.19 bits per heavy atom. The molecule has 0 fully saturated rings. The van der Waals surface area contributed by atoms with Gasteiger partial charge in [-0.1, -0.05) is 36.8 Å². The first-order valence-electron chi connectivity index (χ1n) is 7.01. The lowest BCUT2D eigenvalue weighted by atomic mass is 10.1. The summed E-state index contributed by atoms with van der Waals surface area (Å²) in [6.45, 7) is 5.47. The van der Waals surface area contributed by atoms with Gasteiger partial charge in [0.1, 0.15) is 5.75 Å². The molecule has 0 atom stereocenters. The first kappa shape index (κ1) is 15.1. The molecule has 2 aromatic rings. The lowest BCUT2D eigenvalue weighted by Gasteiger charge is -2.12. The molecule has 0 unspecified atom stereocenters. The van der Waals surface area contributed by atoms with Crippen LogP contribution in [0.1, 0.15) is 28.4 Å². The molecule has 0 heterocycles. The highest BCUT2D eigenvalue weighted by atomic mass is 16.3. The Labute approximate surface area is 124 Å². The fraction of sp³-hybridized carbons (Fsp3) is 0.235. The number of hydrogen-bond donors (Lipinski definition) is 3. The fourth-order valence-electron chi connectivity index (χ4n) is 2.08. The second kappa shape index (κ2) is 6.90. The molecule has 0 spiro atoms. The molecule has 2 rings (SSSR count).